The number of ether oxygens (including phenoxy) is 1. The Hall–Kier alpha value is -2.19. The molecule has 0 aliphatic heterocycles. The average molecular weight is 333 g/mol. The van der Waals surface area contributed by atoms with Crippen LogP contribution in [0, 0.1) is 11.3 Å². The first-order chi connectivity index (χ1) is 9.65. The maximum Gasteiger partial charge on any atom is 0.143 e. The number of hydrogen-bond acceptors (Lipinski definition) is 4. The van der Waals surface area contributed by atoms with Gasteiger partial charge in [0.05, 0.1) is 28.9 Å². The van der Waals surface area contributed by atoms with Gasteiger partial charge in [-0.05, 0) is 34.1 Å². The molecule has 2 N–H and O–H groups in total. The maximum absolute atomic E-state index is 9.92. The van der Waals surface area contributed by atoms with Crippen LogP contribution in [-0.2, 0) is 6.54 Å². The Morgan fingerprint density at radius 1 is 1.35 bits per heavy atom. The van der Waals surface area contributed by atoms with Crippen LogP contribution < -0.4 is 10.1 Å². The van der Waals surface area contributed by atoms with Gasteiger partial charge in [0.1, 0.15) is 11.5 Å². The molecule has 0 atom stereocenters. The third-order valence-electron chi connectivity index (χ3n) is 2.87. The van der Waals surface area contributed by atoms with Gasteiger partial charge in [0.25, 0.3) is 0 Å². The Labute approximate surface area is 125 Å². The van der Waals surface area contributed by atoms with Crippen LogP contribution in [-0.4, -0.2) is 12.2 Å². The van der Waals surface area contributed by atoms with Crippen LogP contribution in [0.4, 0.5) is 5.69 Å². The van der Waals surface area contributed by atoms with Crippen LogP contribution in [0.3, 0.4) is 0 Å². The molecule has 2 aromatic rings. The van der Waals surface area contributed by atoms with E-state index >= 15 is 0 Å². The van der Waals surface area contributed by atoms with Crippen LogP contribution in [0.2, 0.25) is 0 Å². The van der Waals surface area contributed by atoms with Crippen molar-refractivity contribution in [3.63, 3.8) is 0 Å². The minimum atomic E-state index is 0.215. The van der Waals surface area contributed by atoms with E-state index < -0.39 is 0 Å². The smallest absolute Gasteiger partial charge is 0.143 e. The normalized spacial score (nSPS) is 9.85. The molecule has 0 unspecified atom stereocenters. The van der Waals surface area contributed by atoms with Crippen molar-refractivity contribution < 1.29 is 9.84 Å². The maximum atomic E-state index is 9.92. The fourth-order valence-corrected chi connectivity index (χ4v) is 2.21. The molecule has 0 saturated heterocycles. The van der Waals surface area contributed by atoms with Crippen molar-refractivity contribution >= 4 is 21.6 Å². The van der Waals surface area contributed by atoms with Gasteiger partial charge in [-0.25, -0.2) is 0 Å². The van der Waals surface area contributed by atoms with Gasteiger partial charge < -0.3 is 15.2 Å². The number of hydrogen-bond donors (Lipinski definition) is 2. The highest BCUT2D eigenvalue weighted by molar-refractivity contribution is 9.10. The number of aromatic hydroxyl groups is 1. The van der Waals surface area contributed by atoms with Crippen molar-refractivity contribution in [1.82, 2.24) is 0 Å². The van der Waals surface area contributed by atoms with E-state index in [2.05, 4.69) is 27.3 Å². The minimum absolute atomic E-state index is 0.215. The number of rotatable bonds is 4. The van der Waals surface area contributed by atoms with Crippen LogP contribution in [0.15, 0.2) is 40.9 Å². The first-order valence-electron chi connectivity index (χ1n) is 5.94. The molecular weight excluding hydrogens is 320 g/mol. The molecule has 20 heavy (non-hydrogen) atoms. The Bertz CT molecular complexity index is 665. The quantitative estimate of drug-likeness (QED) is 0.896. The highest BCUT2D eigenvalue weighted by Crippen LogP contribution is 2.30. The van der Waals surface area contributed by atoms with Gasteiger partial charge in [-0.3, -0.25) is 0 Å². The zero-order chi connectivity index (χ0) is 14.5. The Kier molecular flexibility index (Phi) is 4.49. The van der Waals surface area contributed by atoms with E-state index in [1.165, 1.54) is 0 Å². The van der Waals surface area contributed by atoms with E-state index in [4.69, 9.17) is 10.00 Å². The molecule has 2 rings (SSSR count). The number of anilines is 1. The Balaban J connectivity index is 2.19. The number of methoxy groups -OCH3 is 1. The summed E-state index contributed by atoms with van der Waals surface area (Å²) in [5, 5.41) is 22.0. The largest absolute Gasteiger partial charge is 0.506 e. The van der Waals surface area contributed by atoms with Gasteiger partial charge in [0.15, 0.2) is 0 Å². The topological polar surface area (TPSA) is 65.3 Å². The van der Waals surface area contributed by atoms with Gasteiger partial charge in [-0.1, -0.05) is 12.1 Å². The molecule has 0 aromatic heterocycles. The molecular formula is C15H13BrN2O2. The molecule has 0 amide bonds. The van der Waals surface area contributed by atoms with Crippen molar-refractivity contribution in [2.24, 2.45) is 0 Å². The highest BCUT2D eigenvalue weighted by Gasteiger charge is 2.07. The summed E-state index contributed by atoms with van der Waals surface area (Å²) in [5.41, 5.74) is 2.08. The monoisotopic (exact) mass is 332 g/mol. The van der Waals surface area contributed by atoms with Gasteiger partial charge in [-0.2, -0.15) is 5.26 Å². The summed E-state index contributed by atoms with van der Waals surface area (Å²) in [6.07, 6.45) is 0. The lowest BCUT2D eigenvalue weighted by Gasteiger charge is -2.12. The molecule has 5 heteroatoms. The van der Waals surface area contributed by atoms with E-state index in [9.17, 15) is 5.11 Å². The number of phenolic OH excluding ortho intramolecular Hbond substituents is 1. The number of nitrogens with one attached hydrogen (secondary N) is 1. The SMILES string of the molecule is COc1cc(C#N)ccc1NCc1cccc(Br)c1O. The predicted octanol–water partition coefficient (Wildman–Crippen LogP) is 3.65. The number of benzene rings is 2. The van der Waals surface area contributed by atoms with Crippen molar-refractivity contribution in [3.05, 3.63) is 52.0 Å². The molecule has 0 aliphatic carbocycles. The second-order valence-corrected chi connectivity index (χ2v) is 4.98. The first kappa shape index (κ1) is 14.2. The third kappa shape index (κ3) is 3.03. The predicted molar refractivity (Wildman–Crippen MR) is 80.8 cm³/mol. The molecule has 0 fully saturated rings. The fraction of sp³-hybridized carbons (Fsp3) is 0.133. The van der Waals surface area contributed by atoms with Crippen LogP contribution in [0.1, 0.15) is 11.1 Å². The van der Waals surface area contributed by atoms with E-state index in [0.717, 1.165) is 11.3 Å². The summed E-state index contributed by atoms with van der Waals surface area (Å²) in [5.74, 6) is 0.811. The van der Waals surface area contributed by atoms with E-state index in [1.807, 2.05) is 12.1 Å². The van der Waals surface area contributed by atoms with Gasteiger partial charge in [-0.15, -0.1) is 0 Å². The Morgan fingerprint density at radius 3 is 2.85 bits per heavy atom. The molecule has 4 nitrogen and oxygen atoms in total. The number of nitrogens with zero attached hydrogens (tertiary/aromatic N) is 1. The lowest BCUT2D eigenvalue weighted by Crippen LogP contribution is -2.02. The fourth-order valence-electron chi connectivity index (χ4n) is 1.80. The lowest BCUT2D eigenvalue weighted by molar-refractivity contribution is 0.416. The van der Waals surface area contributed by atoms with Crippen LogP contribution in [0.25, 0.3) is 0 Å². The van der Waals surface area contributed by atoms with E-state index in [-0.39, 0.29) is 5.75 Å². The van der Waals surface area contributed by atoms with Gasteiger partial charge in [0, 0.05) is 18.2 Å². The molecule has 0 saturated carbocycles. The van der Waals surface area contributed by atoms with Crippen LogP contribution >= 0.6 is 15.9 Å². The molecule has 0 spiro atoms. The minimum Gasteiger partial charge on any atom is -0.506 e. The summed E-state index contributed by atoms with van der Waals surface area (Å²) < 4.78 is 5.90. The summed E-state index contributed by atoms with van der Waals surface area (Å²) in [6.45, 7) is 0.452. The summed E-state index contributed by atoms with van der Waals surface area (Å²) >= 11 is 3.28. The third-order valence-corrected chi connectivity index (χ3v) is 3.51. The zero-order valence-electron chi connectivity index (χ0n) is 10.9. The van der Waals surface area contributed by atoms with Crippen molar-refractivity contribution in [2.75, 3.05) is 12.4 Å². The van der Waals surface area contributed by atoms with Crippen LogP contribution in [0.5, 0.6) is 11.5 Å². The second-order valence-electron chi connectivity index (χ2n) is 4.13. The van der Waals surface area contributed by atoms with E-state index in [1.54, 1.807) is 31.4 Å². The van der Waals surface area contributed by atoms with Crippen molar-refractivity contribution in [1.29, 1.82) is 5.26 Å². The Morgan fingerprint density at radius 2 is 2.15 bits per heavy atom. The number of halogens is 1. The lowest BCUT2D eigenvalue weighted by atomic mass is 10.1. The molecule has 0 heterocycles. The molecule has 0 aliphatic rings. The van der Waals surface area contributed by atoms with E-state index in [0.29, 0.717) is 22.3 Å². The summed E-state index contributed by atoms with van der Waals surface area (Å²) in [4.78, 5) is 0. The second kappa shape index (κ2) is 6.31. The van der Waals surface area contributed by atoms with Crippen molar-refractivity contribution in [3.8, 4) is 17.6 Å². The molecule has 2 aromatic carbocycles. The molecule has 102 valence electrons. The number of phenols is 1. The standard InChI is InChI=1S/C15H13BrN2O2/c1-20-14-7-10(8-17)5-6-13(14)18-9-11-3-2-4-12(16)15(11)19/h2-7,18-19H,9H2,1H3. The molecule has 0 bridgehead atoms. The number of nitriles is 1. The highest BCUT2D eigenvalue weighted by atomic mass is 79.9. The summed E-state index contributed by atoms with van der Waals surface area (Å²) in [7, 11) is 1.55. The van der Waals surface area contributed by atoms with Gasteiger partial charge in [0.2, 0.25) is 0 Å². The average Bonchev–Trinajstić information content (AvgIpc) is 2.48. The molecule has 0 radical (unpaired) electrons. The zero-order valence-corrected chi connectivity index (χ0v) is 12.4. The first-order valence-corrected chi connectivity index (χ1v) is 6.73. The van der Waals surface area contributed by atoms with Gasteiger partial charge >= 0.3 is 0 Å². The summed E-state index contributed by atoms with van der Waals surface area (Å²) in [6, 6.07) is 12.7. The van der Waals surface area contributed by atoms with Crippen molar-refractivity contribution in [2.45, 2.75) is 6.54 Å². The number of para-hydroxylation sites is 1.